The van der Waals surface area contributed by atoms with Crippen LogP contribution in [0.25, 0.3) is 0 Å². The highest BCUT2D eigenvalue weighted by Crippen LogP contribution is 2.30. The largest absolute Gasteiger partial charge is 0.323 e. The van der Waals surface area contributed by atoms with Crippen molar-refractivity contribution in [3.8, 4) is 0 Å². The summed E-state index contributed by atoms with van der Waals surface area (Å²) in [4.78, 5) is 1.27. The highest BCUT2D eigenvalue weighted by molar-refractivity contribution is 8.00. The highest BCUT2D eigenvalue weighted by atomic mass is 32.2. The van der Waals surface area contributed by atoms with Gasteiger partial charge in [-0.05, 0) is 24.6 Å². The minimum Gasteiger partial charge on any atom is -0.323 e. The fourth-order valence-electron chi connectivity index (χ4n) is 1.85. The number of thioether (sulfide) groups is 1. The lowest BCUT2D eigenvalue weighted by Gasteiger charge is -2.20. The summed E-state index contributed by atoms with van der Waals surface area (Å²) in [7, 11) is 0. The van der Waals surface area contributed by atoms with Gasteiger partial charge in [0.2, 0.25) is 0 Å². The van der Waals surface area contributed by atoms with E-state index in [-0.39, 0.29) is 6.04 Å². The number of aryl methyl sites for hydroxylation is 1. The molecule has 2 N–H and O–H groups in total. The molecule has 1 nitrogen and oxygen atoms in total. The molecule has 2 aromatic rings. The number of hydrogen-bond donors (Lipinski definition) is 1. The van der Waals surface area contributed by atoms with Gasteiger partial charge in [0.05, 0.1) is 0 Å². The Hall–Kier alpha value is -1.25. The van der Waals surface area contributed by atoms with Crippen LogP contribution >= 0.6 is 11.8 Å². The second-order valence-electron chi connectivity index (χ2n) is 4.57. The predicted octanol–water partition coefficient (Wildman–Crippen LogP) is 4.18. The molecule has 0 aliphatic rings. The highest BCUT2D eigenvalue weighted by Gasteiger charge is 2.15. The molecule has 0 aromatic heterocycles. The van der Waals surface area contributed by atoms with Crippen LogP contribution in [0.3, 0.4) is 0 Å². The van der Waals surface area contributed by atoms with E-state index < -0.39 is 0 Å². The van der Waals surface area contributed by atoms with E-state index in [9.17, 15) is 0 Å². The van der Waals surface area contributed by atoms with E-state index in [1.807, 2.05) is 17.8 Å². The van der Waals surface area contributed by atoms with Gasteiger partial charge in [-0.15, -0.1) is 11.8 Å². The third-order valence-corrected chi connectivity index (χ3v) is 4.24. The van der Waals surface area contributed by atoms with Gasteiger partial charge in [0.1, 0.15) is 0 Å². The zero-order chi connectivity index (χ0) is 13.0. The van der Waals surface area contributed by atoms with Gasteiger partial charge in [0, 0.05) is 16.2 Å². The second kappa shape index (κ2) is 6.07. The molecular formula is C16H19NS. The van der Waals surface area contributed by atoms with Gasteiger partial charge in [0.25, 0.3) is 0 Å². The van der Waals surface area contributed by atoms with Gasteiger partial charge in [-0.3, -0.25) is 0 Å². The Morgan fingerprint density at radius 3 is 2.17 bits per heavy atom. The van der Waals surface area contributed by atoms with Crippen LogP contribution in [-0.2, 0) is 0 Å². The summed E-state index contributed by atoms with van der Waals surface area (Å²) in [5.74, 6) is 0. The zero-order valence-electron chi connectivity index (χ0n) is 10.8. The first-order valence-electron chi connectivity index (χ1n) is 6.20. The molecule has 0 aliphatic heterocycles. The lowest BCUT2D eigenvalue weighted by molar-refractivity contribution is 0.715. The van der Waals surface area contributed by atoms with E-state index in [0.29, 0.717) is 5.25 Å². The Bertz CT molecular complexity index is 478. The molecule has 0 saturated heterocycles. The van der Waals surface area contributed by atoms with Crippen molar-refractivity contribution in [1.82, 2.24) is 0 Å². The Kier molecular flexibility index (Phi) is 4.45. The molecule has 0 amide bonds. The van der Waals surface area contributed by atoms with Crippen molar-refractivity contribution in [2.75, 3.05) is 0 Å². The van der Waals surface area contributed by atoms with Crippen molar-refractivity contribution in [2.24, 2.45) is 5.73 Å². The molecule has 0 fully saturated rings. The van der Waals surface area contributed by atoms with Gasteiger partial charge < -0.3 is 5.73 Å². The smallest absolute Gasteiger partial charge is 0.0416 e. The molecular weight excluding hydrogens is 238 g/mol. The standard InChI is InChI=1S/C16H19NS/c1-12-8-10-14(11-9-12)16(17)13(2)18-15-6-4-3-5-7-15/h3-11,13,16H,17H2,1-2H3. The molecule has 0 heterocycles. The normalized spacial score (nSPS) is 14.2. The summed E-state index contributed by atoms with van der Waals surface area (Å²) in [5, 5.41) is 0.357. The number of nitrogens with two attached hydrogens (primary N) is 1. The monoisotopic (exact) mass is 257 g/mol. The Morgan fingerprint density at radius 1 is 0.944 bits per heavy atom. The molecule has 2 heteroatoms. The Balaban J connectivity index is 2.05. The maximum atomic E-state index is 6.32. The Morgan fingerprint density at radius 2 is 1.56 bits per heavy atom. The van der Waals surface area contributed by atoms with Crippen LogP contribution in [-0.4, -0.2) is 5.25 Å². The van der Waals surface area contributed by atoms with Gasteiger partial charge in [-0.1, -0.05) is 55.0 Å². The SMILES string of the molecule is Cc1ccc(C(N)C(C)Sc2ccccc2)cc1. The van der Waals surface area contributed by atoms with Crippen molar-refractivity contribution >= 4 is 11.8 Å². The summed E-state index contributed by atoms with van der Waals surface area (Å²) in [6.45, 7) is 4.28. The lowest BCUT2D eigenvalue weighted by atomic mass is 10.0. The van der Waals surface area contributed by atoms with E-state index in [1.165, 1.54) is 16.0 Å². The predicted molar refractivity (Wildman–Crippen MR) is 79.9 cm³/mol. The zero-order valence-corrected chi connectivity index (χ0v) is 11.7. The first kappa shape index (κ1) is 13.2. The van der Waals surface area contributed by atoms with Gasteiger partial charge in [-0.25, -0.2) is 0 Å². The first-order valence-corrected chi connectivity index (χ1v) is 7.08. The third kappa shape index (κ3) is 3.37. The lowest BCUT2D eigenvalue weighted by Crippen LogP contribution is -2.20. The van der Waals surface area contributed by atoms with Crippen LogP contribution in [0.2, 0.25) is 0 Å². The average molecular weight is 257 g/mol. The maximum Gasteiger partial charge on any atom is 0.0416 e. The topological polar surface area (TPSA) is 26.0 Å². The van der Waals surface area contributed by atoms with Crippen molar-refractivity contribution in [1.29, 1.82) is 0 Å². The van der Waals surface area contributed by atoms with E-state index in [2.05, 4.69) is 62.4 Å². The number of hydrogen-bond acceptors (Lipinski definition) is 2. The van der Waals surface area contributed by atoms with Crippen LogP contribution in [0.15, 0.2) is 59.5 Å². The molecule has 0 saturated carbocycles. The van der Waals surface area contributed by atoms with Crippen LogP contribution in [0.4, 0.5) is 0 Å². The minimum absolute atomic E-state index is 0.0656. The second-order valence-corrected chi connectivity index (χ2v) is 6.02. The third-order valence-electron chi connectivity index (χ3n) is 3.03. The molecule has 2 aromatic carbocycles. The fourth-order valence-corrected chi connectivity index (χ4v) is 2.89. The van der Waals surface area contributed by atoms with E-state index in [0.717, 1.165) is 0 Å². The molecule has 2 atom stereocenters. The number of benzene rings is 2. The minimum atomic E-state index is 0.0656. The summed E-state index contributed by atoms with van der Waals surface area (Å²) < 4.78 is 0. The van der Waals surface area contributed by atoms with Gasteiger partial charge >= 0.3 is 0 Å². The summed E-state index contributed by atoms with van der Waals surface area (Å²) >= 11 is 1.83. The summed E-state index contributed by atoms with van der Waals surface area (Å²) in [5.41, 5.74) is 8.79. The molecule has 18 heavy (non-hydrogen) atoms. The summed E-state index contributed by atoms with van der Waals surface area (Å²) in [6.07, 6.45) is 0. The van der Waals surface area contributed by atoms with Crippen LogP contribution < -0.4 is 5.73 Å². The Labute approximate surface area is 113 Å². The number of rotatable bonds is 4. The van der Waals surface area contributed by atoms with Crippen LogP contribution in [0.5, 0.6) is 0 Å². The van der Waals surface area contributed by atoms with Gasteiger partial charge in [0.15, 0.2) is 0 Å². The van der Waals surface area contributed by atoms with E-state index in [4.69, 9.17) is 5.73 Å². The first-order chi connectivity index (χ1) is 8.66. The van der Waals surface area contributed by atoms with Crippen molar-refractivity contribution in [3.63, 3.8) is 0 Å². The van der Waals surface area contributed by atoms with Gasteiger partial charge in [-0.2, -0.15) is 0 Å². The fraction of sp³-hybridized carbons (Fsp3) is 0.250. The summed E-state index contributed by atoms with van der Waals surface area (Å²) in [6, 6.07) is 19.0. The molecule has 94 valence electrons. The van der Waals surface area contributed by atoms with Crippen molar-refractivity contribution in [2.45, 2.75) is 30.0 Å². The molecule has 0 radical (unpaired) electrons. The average Bonchev–Trinajstić information content (AvgIpc) is 2.40. The van der Waals surface area contributed by atoms with Crippen molar-refractivity contribution in [3.05, 3.63) is 65.7 Å². The maximum absolute atomic E-state index is 6.32. The quantitative estimate of drug-likeness (QED) is 0.832. The molecule has 2 rings (SSSR count). The molecule has 0 spiro atoms. The van der Waals surface area contributed by atoms with Crippen molar-refractivity contribution < 1.29 is 0 Å². The van der Waals surface area contributed by atoms with E-state index >= 15 is 0 Å². The molecule has 0 aliphatic carbocycles. The van der Waals surface area contributed by atoms with E-state index in [1.54, 1.807) is 0 Å². The molecule has 0 bridgehead atoms. The molecule has 2 unspecified atom stereocenters. The van der Waals surface area contributed by atoms with Crippen LogP contribution in [0, 0.1) is 6.92 Å². The van der Waals surface area contributed by atoms with Crippen LogP contribution in [0.1, 0.15) is 24.1 Å².